The number of aryl methyl sites for hydroxylation is 1. The van der Waals surface area contributed by atoms with Crippen molar-refractivity contribution in [1.29, 1.82) is 0 Å². The summed E-state index contributed by atoms with van der Waals surface area (Å²) in [6.07, 6.45) is -1.12. The molecule has 0 atom stereocenters. The average Bonchev–Trinajstić information content (AvgIpc) is 3.20. The van der Waals surface area contributed by atoms with Crippen LogP contribution in [0.3, 0.4) is 0 Å². The van der Waals surface area contributed by atoms with Gasteiger partial charge in [-0.2, -0.15) is 13.2 Å². The zero-order valence-corrected chi connectivity index (χ0v) is 15.3. The van der Waals surface area contributed by atoms with Gasteiger partial charge in [0.05, 0.1) is 16.8 Å². The highest BCUT2D eigenvalue weighted by atomic mass is 35.5. The number of carbonyl (C=O) groups is 1. The van der Waals surface area contributed by atoms with Crippen LogP contribution in [0.4, 0.5) is 13.2 Å². The van der Waals surface area contributed by atoms with Crippen molar-refractivity contribution in [2.75, 3.05) is 0 Å². The number of pyridine rings is 1. The summed E-state index contributed by atoms with van der Waals surface area (Å²) in [5, 5.41) is 2.40. The zero-order chi connectivity index (χ0) is 20.1. The maximum Gasteiger partial charge on any atom is 0.417 e. The lowest BCUT2D eigenvalue weighted by Gasteiger charge is -2.11. The van der Waals surface area contributed by atoms with Crippen LogP contribution in [0.25, 0.3) is 11.5 Å². The molecule has 28 heavy (non-hydrogen) atoms. The molecule has 0 saturated heterocycles. The lowest BCUT2D eigenvalue weighted by molar-refractivity contribution is -0.137. The Kier molecular flexibility index (Phi) is 6.04. The first-order valence-electron chi connectivity index (χ1n) is 8.44. The summed E-state index contributed by atoms with van der Waals surface area (Å²) in [6.45, 7) is 0.281. The third-order valence-electron chi connectivity index (χ3n) is 4.06. The third kappa shape index (κ3) is 5.13. The topological polar surface area (TPSA) is 55.1 Å². The summed E-state index contributed by atoms with van der Waals surface area (Å²) in [4.78, 5) is 16.3. The summed E-state index contributed by atoms with van der Waals surface area (Å²) in [5.74, 6) is 0.358. The number of halogens is 4. The molecule has 2 heterocycles. The number of alkyl halides is 3. The quantitative estimate of drug-likeness (QED) is 0.605. The summed E-state index contributed by atoms with van der Waals surface area (Å²) in [5.41, 5.74) is 0.989. The van der Waals surface area contributed by atoms with Crippen molar-refractivity contribution < 1.29 is 22.4 Å². The summed E-state index contributed by atoms with van der Waals surface area (Å²) < 4.78 is 44.0. The number of furan rings is 1. The predicted molar refractivity (Wildman–Crippen MR) is 98.6 cm³/mol. The molecule has 146 valence electrons. The molecule has 0 bridgehead atoms. The van der Waals surface area contributed by atoms with Gasteiger partial charge in [0.25, 0.3) is 0 Å². The fourth-order valence-electron chi connectivity index (χ4n) is 2.64. The Morgan fingerprint density at radius 1 is 1.14 bits per heavy atom. The van der Waals surface area contributed by atoms with Crippen molar-refractivity contribution in [3.05, 3.63) is 76.6 Å². The molecule has 3 aromatic rings. The summed E-state index contributed by atoms with van der Waals surface area (Å²) in [6, 6.07) is 10.8. The molecule has 3 rings (SSSR count). The van der Waals surface area contributed by atoms with Crippen LogP contribution in [0.1, 0.15) is 23.1 Å². The molecule has 0 unspecified atom stereocenters. The largest absolute Gasteiger partial charge is 0.463 e. The van der Waals surface area contributed by atoms with E-state index in [1.807, 2.05) is 0 Å². The molecule has 1 amide bonds. The lowest BCUT2D eigenvalue weighted by Crippen LogP contribution is -2.23. The number of benzene rings is 1. The minimum absolute atomic E-state index is 0.0645. The van der Waals surface area contributed by atoms with Gasteiger partial charge in [-0.25, -0.2) is 0 Å². The molecule has 4 nitrogen and oxygen atoms in total. The number of nitrogens with zero attached hydrogens (tertiary/aromatic N) is 1. The van der Waals surface area contributed by atoms with Gasteiger partial charge in [-0.15, -0.1) is 0 Å². The van der Waals surface area contributed by atoms with Gasteiger partial charge in [-0.3, -0.25) is 9.78 Å². The number of rotatable bonds is 6. The van der Waals surface area contributed by atoms with E-state index in [0.717, 1.165) is 11.6 Å². The van der Waals surface area contributed by atoms with E-state index in [1.165, 1.54) is 12.1 Å². The Labute approximate surface area is 164 Å². The van der Waals surface area contributed by atoms with Crippen molar-refractivity contribution in [1.82, 2.24) is 10.3 Å². The van der Waals surface area contributed by atoms with E-state index in [-0.39, 0.29) is 30.3 Å². The lowest BCUT2D eigenvalue weighted by atomic mass is 10.1. The highest BCUT2D eigenvalue weighted by Gasteiger charge is 2.33. The van der Waals surface area contributed by atoms with Crippen LogP contribution in [0, 0.1) is 0 Å². The van der Waals surface area contributed by atoms with Crippen LogP contribution >= 0.6 is 11.6 Å². The van der Waals surface area contributed by atoms with Gasteiger partial charge in [-0.05, 0) is 53.9 Å². The van der Waals surface area contributed by atoms with Gasteiger partial charge >= 0.3 is 6.18 Å². The van der Waals surface area contributed by atoms with Crippen LogP contribution in [0.15, 0.2) is 59.3 Å². The molecule has 0 saturated carbocycles. The van der Waals surface area contributed by atoms with E-state index < -0.39 is 11.7 Å². The fraction of sp³-hybridized carbons (Fsp3) is 0.200. The van der Waals surface area contributed by atoms with Gasteiger partial charge in [0.15, 0.2) is 5.76 Å². The molecular formula is C20H16ClF3N2O2. The first-order valence-corrected chi connectivity index (χ1v) is 8.82. The zero-order valence-electron chi connectivity index (χ0n) is 14.6. The second-order valence-corrected chi connectivity index (χ2v) is 6.52. The number of aromatic nitrogens is 1. The standard InChI is InChI=1S/C20H16ClF3N2O2/c21-16-5-3-13(10-15(16)20(22,23)24)4-6-19(27)26-12-14-7-8-25-17(11-14)18-2-1-9-28-18/h1-3,5,7-11H,4,6,12H2,(H,26,27). The number of hydrogen-bond acceptors (Lipinski definition) is 3. The molecule has 1 N–H and O–H groups in total. The average molecular weight is 409 g/mol. The summed E-state index contributed by atoms with van der Waals surface area (Å²) >= 11 is 5.60. The number of nitrogens with one attached hydrogen (secondary N) is 1. The summed E-state index contributed by atoms with van der Waals surface area (Å²) in [7, 11) is 0. The number of amides is 1. The van der Waals surface area contributed by atoms with Crippen molar-refractivity contribution in [3.8, 4) is 11.5 Å². The highest BCUT2D eigenvalue weighted by Crippen LogP contribution is 2.35. The molecule has 0 spiro atoms. The van der Waals surface area contributed by atoms with Gasteiger partial charge < -0.3 is 9.73 Å². The van der Waals surface area contributed by atoms with Crippen LogP contribution < -0.4 is 5.32 Å². The Hall–Kier alpha value is -2.80. The molecule has 8 heteroatoms. The van der Waals surface area contributed by atoms with E-state index in [9.17, 15) is 18.0 Å². The monoisotopic (exact) mass is 408 g/mol. The molecule has 0 radical (unpaired) electrons. The molecule has 1 aromatic carbocycles. The number of carbonyl (C=O) groups excluding carboxylic acids is 1. The minimum atomic E-state index is -4.53. The first kappa shape index (κ1) is 19.9. The van der Waals surface area contributed by atoms with Crippen molar-refractivity contribution in [2.45, 2.75) is 25.6 Å². The maximum atomic E-state index is 12.9. The highest BCUT2D eigenvalue weighted by molar-refractivity contribution is 6.31. The molecule has 2 aromatic heterocycles. The maximum absolute atomic E-state index is 12.9. The predicted octanol–water partition coefficient (Wildman–Crippen LogP) is 5.26. The van der Waals surface area contributed by atoms with E-state index >= 15 is 0 Å². The Morgan fingerprint density at radius 3 is 2.68 bits per heavy atom. The minimum Gasteiger partial charge on any atom is -0.463 e. The molecule has 0 aliphatic heterocycles. The van der Waals surface area contributed by atoms with Gasteiger partial charge in [-0.1, -0.05) is 17.7 Å². The van der Waals surface area contributed by atoms with E-state index in [0.29, 0.717) is 17.0 Å². The first-order chi connectivity index (χ1) is 13.3. The molecular weight excluding hydrogens is 393 g/mol. The van der Waals surface area contributed by atoms with Gasteiger partial charge in [0.2, 0.25) is 5.91 Å². The van der Waals surface area contributed by atoms with E-state index in [1.54, 1.807) is 36.7 Å². The fourth-order valence-corrected chi connectivity index (χ4v) is 2.86. The van der Waals surface area contributed by atoms with Crippen LogP contribution in [0.2, 0.25) is 5.02 Å². The van der Waals surface area contributed by atoms with Gasteiger partial charge in [0.1, 0.15) is 5.69 Å². The Balaban J connectivity index is 1.55. The van der Waals surface area contributed by atoms with Crippen LogP contribution in [-0.2, 0) is 23.9 Å². The van der Waals surface area contributed by atoms with Crippen molar-refractivity contribution >= 4 is 17.5 Å². The normalized spacial score (nSPS) is 11.4. The van der Waals surface area contributed by atoms with E-state index in [2.05, 4.69) is 10.3 Å². The Bertz CT molecular complexity index is 956. The van der Waals surface area contributed by atoms with Crippen molar-refractivity contribution in [3.63, 3.8) is 0 Å². The second-order valence-electron chi connectivity index (χ2n) is 6.12. The molecule has 0 aliphatic rings. The van der Waals surface area contributed by atoms with Crippen LogP contribution in [-0.4, -0.2) is 10.9 Å². The molecule has 0 fully saturated rings. The number of hydrogen-bond donors (Lipinski definition) is 1. The van der Waals surface area contributed by atoms with Crippen molar-refractivity contribution in [2.24, 2.45) is 0 Å². The third-order valence-corrected chi connectivity index (χ3v) is 4.39. The SMILES string of the molecule is O=C(CCc1ccc(Cl)c(C(F)(F)F)c1)NCc1ccnc(-c2ccco2)c1. The van der Waals surface area contributed by atoms with E-state index in [4.69, 9.17) is 16.0 Å². The second kappa shape index (κ2) is 8.48. The smallest absolute Gasteiger partial charge is 0.417 e. The van der Waals surface area contributed by atoms with Crippen LogP contribution in [0.5, 0.6) is 0 Å². The van der Waals surface area contributed by atoms with Gasteiger partial charge in [0, 0.05) is 19.2 Å². The molecule has 0 aliphatic carbocycles. The Morgan fingerprint density at radius 2 is 1.96 bits per heavy atom.